The molecule has 0 radical (unpaired) electrons. The second-order valence-corrected chi connectivity index (χ2v) is 13.0. The van der Waals surface area contributed by atoms with Gasteiger partial charge < -0.3 is 28.4 Å². The van der Waals surface area contributed by atoms with Crippen molar-refractivity contribution in [3.8, 4) is 79.0 Å². The molecule has 0 amide bonds. The van der Waals surface area contributed by atoms with E-state index in [1.807, 2.05) is 62.4 Å². The number of ether oxygens (including phenoxy) is 6. The molecule has 0 N–H and O–H groups in total. The van der Waals surface area contributed by atoms with Gasteiger partial charge in [-0.15, -0.1) is 0 Å². The number of methoxy groups -OCH3 is 4. The summed E-state index contributed by atoms with van der Waals surface area (Å²) in [4.78, 5) is 0. The van der Waals surface area contributed by atoms with Gasteiger partial charge in [0.2, 0.25) is 0 Å². The lowest BCUT2D eigenvalue weighted by Crippen LogP contribution is -2.03. The Morgan fingerprint density at radius 1 is 0.315 bits per heavy atom. The van der Waals surface area contributed by atoms with Crippen molar-refractivity contribution in [2.24, 2.45) is 0 Å². The zero-order valence-corrected chi connectivity index (χ0v) is 31.4. The monoisotopic (exact) mass is 714 g/mol. The van der Waals surface area contributed by atoms with E-state index >= 15 is 0 Å². The maximum absolute atomic E-state index is 6.71. The molecule has 0 atom stereocenters. The van der Waals surface area contributed by atoms with Gasteiger partial charge in [-0.05, 0) is 117 Å². The van der Waals surface area contributed by atoms with Crippen molar-refractivity contribution in [2.75, 3.05) is 41.7 Å². The van der Waals surface area contributed by atoms with E-state index in [9.17, 15) is 0 Å². The lowest BCUT2D eigenvalue weighted by molar-refractivity contribution is 0.343. The third-order valence-electron chi connectivity index (χ3n) is 10.2. The summed E-state index contributed by atoms with van der Waals surface area (Å²) in [5, 5.41) is 6.69. The zero-order valence-electron chi connectivity index (χ0n) is 31.4. The van der Waals surface area contributed by atoms with Crippen LogP contribution in [0.3, 0.4) is 0 Å². The molecule has 0 saturated heterocycles. The van der Waals surface area contributed by atoms with E-state index in [1.54, 1.807) is 28.4 Å². The maximum Gasteiger partial charge on any atom is 0.136 e. The Labute approximate surface area is 315 Å². The van der Waals surface area contributed by atoms with E-state index in [-0.39, 0.29) is 0 Å². The fourth-order valence-corrected chi connectivity index (χ4v) is 7.82. The van der Waals surface area contributed by atoms with Gasteiger partial charge >= 0.3 is 0 Å². The van der Waals surface area contributed by atoms with Gasteiger partial charge in [-0.3, -0.25) is 0 Å². The van der Waals surface area contributed by atoms with Crippen LogP contribution < -0.4 is 28.4 Å². The highest BCUT2D eigenvalue weighted by Crippen LogP contribution is 2.55. The van der Waals surface area contributed by atoms with Gasteiger partial charge in [0, 0.05) is 22.3 Å². The molecule has 0 heterocycles. The summed E-state index contributed by atoms with van der Waals surface area (Å²) < 4.78 is 35.7. The molecule has 0 fully saturated rings. The smallest absolute Gasteiger partial charge is 0.136 e. The summed E-state index contributed by atoms with van der Waals surface area (Å²) in [5.74, 6) is 4.84. The second kappa shape index (κ2) is 14.6. The van der Waals surface area contributed by atoms with Crippen molar-refractivity contribution in [3.05, 3.63) is 121 Å². The molecule has 6 heteroatoms. The Bertz CT molecular complexity index is 2220. The molecule has 0 aliphatic rings. The molecule has 0 aliphatic carbocycles. The SMILES string of the molecule is CCOc1c(-c2ccc(OC)cc2)c2ccc3c(-c4ccc(OC)cc4)c(OCC)c(-c4ccc(OC)cc4)c4ccc(c1-c1ccc(OC)cc1)c2c34. The summed E-state index contributed by atoms with van der Waals surface area (Å²) in [7, 11) is 6.76. The molecule has 8 rings (SSSR count). The molecule has 8 aromatic carbocycles. The minimum atomic E-state index is 0.501. The molecule has 270 valence electrons. The van der Waals surface area contributed by atoms with Crippen molar-refractivity contribution in [2.45, 2.75) is 13.8 Å². The van der Waals surface area contributed by atoms with Gasteiger partial charge in [-0.1, -0.05) is 72.8 Å². The first-order valence-corrected chi connectivity index (χ1v) is 18.2. The zero-order chi connectivity index (χ0) is 37.3. The van der Waals surface area contributed by atoms with Gasteiger partial charge in [-0.25, -0.2) is 0 Å². The van der Waals surface area contributed by atoms with Crippen molar-refractivity contribution in [1.82, 2.24) is 0 Å². The molecule has 0 spiro atoms. The van der Waals surface area contributed by atoms with Crippen molar-refractivity contribution < 1.29 is 28.4 Å². The predicted molar refractivity (Wildman–Crippen MR) is 220 cm³/mol. The molecule has 8 aromatic rings. The highest BCUT2D eigenvalue weighted by molar-refractivity contribution is 6.34. The van der Waals surface area contributed by atoms with Crippen LogP contribution >= 0.6 is 0 Å². The molecule has 6 nitrogen and oxygen atoms in total. The molecule has 0 aliphatic heterocycles. The first kappa shape index (κ1) is 34.7. The molecule has 0 aromatic heterocycles. The van der Waals surface area contributed by atoms with Crippen LogP contribution in [0.5, 0.6) is 34.5 Å². The fraction of sp³-hybridized carbons (Fsp3) is 0.167. The summed E-state index contributed by atoms with van der Waals surface area (Å²) in [6, 6.07) is 42.0. The molecule has 0 bridgehead atoms. The third kappa shape index (κ3) is 5.75. The predicted octanol–water partition coefficient (Wildman–Crippen LogP) is 12.1. The van der Waals surface area contributed by atoms with Crippen molar-refractivity contribution in [1.29, 1.82) is 0 Å². The first-order chi connectivity index (χ1) is 26.5. The number of rotatable bonds is 12. The third-order valence-corrected chi connectivity index (χ3v) is 10.2. The number of benzene rings is 8. The maximum atomic E-state index is 6.71. The van der Waals surface area contributed by atoms with E-state index in [0.717, 1.165) is 111 Å². The second-order valence-electron chi connectivity index (χ2n) is 13.0. The van der Waals surface area contributed by atoms with E-state index < -0.39 is 0 Å². The molecule has 0 saturated carbocycles. The standard InChI is InChI=1S/C48H42O6/c1-7-53-47-41(29-9-17-33(49-3)18-10-29)37-25-27-39-43(31-13-21-35(51-5)22-14-31)48(54-8-2)44(32-15-23-36(52-6)24-16-32)40-28-26-38(45(37)46(39)40)42(47)30-11-19-34(50-4)20-12-30/h9-28H,7-8H2,1-6H3. The summed E-state index contributed by atoms with van der Waals surface area (Å²) in [6.07, 6.45) is 0. The minimum absolute atomic E-state index is 0.501. The average Bonchev–Trinajstić information content (AvgIpc) is 3.23. The van der Waals surface area contributed by atoms with Crippen molar-refractivity contribution in [3.63, 3.8) is 0 Å². The van der Waals surface area contributed by atoms with Crippen molar-refractivity contribution >= 4 is 32.3 Å². The Balaban J connectivity index is 1.60. The number of hydrogen-bond acceptors (Lipinski definition) is 6. The fourth-order valence-electron chi connectivity index (χ4n) is 7.82. The van der Waals surface area contributed by atoms with Crippen LogP contribution in [0.25, 0.3) is 76.8 Å². The summed E-state index contributed by atoms with van der Waals surface area (Å²) in [5.41, 5.74) is 8.24. The molecular formula is C48H42O6. The molecular weight excluding hydrogens is 673 g/mol. The van der Waals surface area contributed by atoms with E-state index in [1.165, 1.54) is 0 Å². The summed E-state index contributed by atoms with van der Waals surface area (Å²) in [6.45, 7) is 5.08. The quantitative estimate of drug-likeness (QED) is 0.117. The lowest BCUT2D eigenvalue weighted by Gasteiger charge is -2.26. The van der Waals surface area contributed by atoms with Gasteiger partial charge in [0.15, 0.2) is 0 Å². The lowest BCUT2D eigenvalue weighted by atomic mass is 9.80. The largest absolute Gasteiger partial charge is 0.497 e. The Hall–Kier alpha value is -6.40. The molecule has 0 unspecified atom stereocenters. The minimum Gasteiger partial charge on any atom is -0.497 e. The van der Waals surface area contributed by atoms with Crippen LogP contribution in [0.2, 0.25) is 0 Å². The van der Waals surface area contributed by atoms with Crippen LogP contribution in [0, 0.1) is 0 Å². The van der Waals surface area contributed by atoms with Crippen LogP contribution in [0.1, 0.15) is 13.8 Å². The van der Waals surface area contributed by atoms with Crippen LogP contribution in [0.15, 0.2) is 121 Å². The van der Waals surface area contributed by atoms with Crippen LogP contribution in [-0.2, 0) is 0 Å². The average molecular weight is 715 g/mol. The Morgan fingerprint density at radius 2 is 0.537 bits per heavy atom. The highest BCUT2D eigenvalue weighted by atomic mass is 16.5. The van der Waals surface area contributed by atoms with Crippen LogP contribution in [-0.4, -0.2) is 41.7 Å². The van der Waals surface area contributed by atoms with Crippen LogP contribution in [0.4, 0.5) is 0 Å². The van der Waals surface area contributed by atoms with E-state index in [2.05, 4.69) is 72.8 Å². The normalized spacial score (nSPS) is 11.3. The van der Waals surface area contributed by atoms with Gasteiger partial charge in [-0.2, -0.15) is 0 Å². The van der Waals surface area contributed by atoms with E-state index in [0.29, 0.717) is 13.2 Å². The Morgan fingerprint density at radius 3 is 0.722 bits per heavy atom. The van der Waals surface area contributed by atoms with E-state index in [4.69, 9.17) is 28.4 Å². The summed E-state index contributed by atoms with van der Waals surface area (Å²) >= 11 is 0. The highest BCUT2D eigenvalue weighted by Gasteiger charge is 2.28. The number of hydrogen-bond donors (Lipinski definition) is 0. The first-order valence-electron chi connectivity index (χ1n) is 18.2. The van der Waals surface area contributed by atoms with Gasteiger partial charge in [0.05, 0.1) is 41.7 Å². The van der Waals surface area contributed by atoms with Gasteiger partial charge in [0.1, 0.15) is 34.5 Å². The molecule has 54 heavy (non-hydrogen) atoms. The topological polar surface area (TPSA) is 55.4 Å². The van der Waals surface area contributed by atoms with Gasteiger partial charge in [0.25, 0.3) is 0 Å². The Kier molecular flexibility index (Phi) is 9.34.